The number of aryl methyl sites for hydroxylation is 1. The SMILES string of the molecule is Cn1cc(C(=O)NCCCNC=O)c2ccccc21. The van der Waals surface area contributed by atoms with Crippen LogP contribution in [-0.4, -0.2) is 30.0 Å². The maximum atomic E-state index is 12.1. The van der Waals surface area contributed by atoms with Gasteiger partial charge in [-0.2, -0.15) is 0 Å². The van der Waals surface area contributed by atoms with Gasteiger partial charge in [-0.25, -0.2) is 0 Å². The lowest BCUT2D eigenvalue weighted by atomic mass is 10.1. The Hall–Kier alpha value is -2.30. The third-order valence-electron chi connectivity index (χ3n) is 3.01. The second-order valence-electron chi connectivity index (χ2n) is 4.35. The zero-order valence-corrected chi connectivity index (χ0v) is 10.8. The zero-order valence-electron chi connectivity index (χ0n) is 10.8. The first kappa shape index (κ1) is 13.1. The number of rotatable bonds is 6. The number of carbonyl (C=O) groups is 2. The summed E-state index contributed by atoms with van der Waals surface area (Å²) >= 11 is 0. The van der Waals surface area contributed by atoms with Gasteiger partial charge in [-0.1, -0.05) is 18.2 Å². The average Bonchev–Trinajstić information content (AvgIpc) is 2.76. The normalized spacial score (nSPS) is 10.4. The molecule has 0 radical (unpaired) electrons. The van der Waals surface area contributed by atoms with Gasteiger partial charge in [0.1, 0.15) is 0 Å². The molecule has 5 heteroatoms. The molecule has 1 heterocycles. The average molecular weight is 259 g/mol. The van der Waals surface area contributed by atoms with Crippen LogP contribution in [0.1, 0.15) is 16.8 Å². The van der Waals surface area contributed by atoms with E-state index in [2.05, 4.69) is 10.6 Å². The first-order valence-electron chi connectivity index (χ1n) is 6.23. The van der Waals surface area contributed by atoms with Crippen LogP contribution in [-0.2, 0) is 11.8 Å². The maximum Gasteiger partial charge on any atom is 0.253 e. The van der Waals surface area contributed by atoms with Gasteiger partial charge in [-0.05, 0) is 12.5 Å². The van der Waals surface area contributed by atoms with Gasteiger partial charge in [-0.3, -0.25) is 9.59 Å². The lowest BCUT2D eigenvalue weighted by Crippen LogP contribution is -2.26. The monoisotopic (exact) mass is 259 g/mol. The van der Waals surface area contributed by atoms with Crippen LogP contribution in [0.2, 0.25) is 0 Å². The summed E-state index contributed by atoms with van der Waals surface area (Å²) in [6.45, 7) is 1.11. The Morgan fingerprint density at radius 1 is 1.32 bits per heavy atom. The van der Waals surface area contributed by atoms with Crippen LogP contribution in [0.15, 0.2) is 30.5 Å². The Balaban J connectivity index is 2.03. The minimum Gasteiger partial charge on any atom is -0.359 e. The topological polar surface area (TPSA) is 63.1 Å². The molecular formula is C14H17N3O2. The lowest BCUT2D eigenvalue weighted by Gasteiger charge is -2.03. The van der Waals surface area contributed by atoms with Gasteiger partial charge < -0.3 is 15.2 Å². The third-order valence-corrected chi connectivity index (χ3v) is 3.01. The number of nitrogens with zero attached hydrogens (tertiary/aromatic N) is 1. The molecule has 0 aliphatic heterocycles. The first-order chi connectivity index (χ1) is 9.24. The number of hydrogen-bond acceptors (Lipinski definition) is 2. The highest BCUT2D eigenvalue weighted by Crippen LogP contribution is 2.19. The number of hydrogen-bond donors (Lipinski definition) is 2. The Bertz CT molecular complexity index is 589. The number of fused-ring (bicyclic) bond motifs is 1. The quantitative estimate of drug-likeness (QED) is 0.601. The number of para-hydroxylation sites is 1. The highest BCUT2D eigenvalue weighted by molar-refractivity contribution is 6.06. The fourth-order valence-electron chi connectivity index (χ4n) is 2.07. The molecule has 1 aromatic heterocycles. The van der Waals surface area contributed by atoms with Crippen LogP contribution in [0.4, 0.5) is 0 Å². The standard InChI is InChI=1S/C14H17N3O2/c1-17-9-12(11-5-2-3-6-13(11)17)14(19)16-8-4-7-15-10-18/h2-3,5-6,9-10H,4,7-8H2,1H3,(H,15,18)(H,16,19). The van der Waals surface area contributed by atoms with E-state index in [1.807, 2.05) is 42.1 Å². The summed E-state index contributed by atoms with van der Waals surface area (Å²) in [6, 6.07) is 7.81. The van der Waals surface area contributed by atoms with Gasteiger partial charge in [0.25, 0.3) is 5.91 Å². The molecule has 0 atom stereocenters. The molecule has 0 saturated heterocycles. The molecule has 2 N–H and O–H groups in total. The molecule has 100 valence electrons. The van der Waals surface area contributed by atoms with Gasteiger partial charge >= 0.3 is 0 Å². The third kappa shape index (κ3) is 2.93. The van der Waals surface area contributed by atoms with Crippen LogP contribution < -0.4 is 10.6 Å². The molecule has 0 saturated carbocycles. The van der Waals surface area contributed by atoms with Crippen molar-refractivity contribution in [2.75, 3.05) is 13.1 Å². The van der Waals surface area contributed by atoms with Gasteiger partial charge in [0.15, 0.2) is 0 Å². The fraction of sp³-hybridized carbons (Fsp3) is 0.286. The highest BCUT2D eigenvalue weighted by Gasteiger charge is 2.12. The molecule has 0 spiro atoms. The Morgan fingerprint density at radius 3 is 2.89 bits per heavy atom. The van der Waals surface area contributed by atoms with Gasteiger partial charge in [0, 0.05) is 37.2 Å². The molecule has 2 aromatic rings. The summed E-state index contributed by atoms with van der Waals surface area (Å²) in [5.41, 5.74) is 1.72. The van der Waals surface area contributed by atoms with Crippen LogP contribution in [0, 0.1) is 0 Å². The summed E-state index contributed by atoms with van der Waals surface area (Å²) in [6.07, 6.45) is 3.21. The molecule has 0 bridgehead atoms. The number of benzene rings is 1. The molecule has 0 aliphatic rings. The summed E-state index contributed by atoms with van der Waals surface area (Å²) in [4.78, 5) is 22.2. The smallest absolute Gasteiger partial charge is 0.253 e. The molecule has 19 heavy (non-hydrogen) atoms. The predicted molar refractivity (Wildman–Crippen MR) is 73.9 cm³/mol. The first-order valence-corrected chi connectivity index (χ1v) is 6.23. The van der Waals surface area contributed by atoms with Gasteiger partial charge in [0.05, 0.1) is 5.56 Å². The Kier molecular flexibility index (Phi) is 4.18. The maximum absolute atomic E-state index is 12.1. The minimum atomic E-state index is -0.0806. The number of amides is 2. The molecule has 5 nitrogen and oxygen atoms in total. The van der Waals surface area contributed by atoms with Crippen molar-refractivity contribution in [1.29, 1.82) is 0 Å². The lowest BCUT2D eigenvalue weighted by molar-refractivity contribution is -0.109. The van der Waals surface area contributed by atoms with E-state index < -0.39 is 0 Å². The number of nitrogens with one attached hydrogen (secondary N) is 2. The van der Waals surface area contributed by atoms with Crippen molar-refractivity contribution in [3.8, 4) is 0 Å². The molecule has 2 amide bonds. The molecule has 0 unspecified atom stereocenters. The van der Waals surface area contributed by atoms with Crippen LogP contribution in [0.3, 0.4) is 0 Å². The summed E-state index contributed by atoms with van der Waals surface area (Å²) < 4.78 is 1.94. The van der Waals surface area contributed by atoms with Crippen molar-refractivity contribution >= 4 is 23.2 Å². The van der Waals surface area contributed by atoms with E-state index >= 15 is 0 Å². The van der Waals surface area contributed by atoms with Gasteiger partial charge in [0.2, 0.25) is 6.41 Å². The fourth-order valence-corrected chi connectivity index (χ4v) is 2.07. The van der Waals surface area contributed by atoms with E-state index in [0.717, 1.165) is 17.3 Å². The van der Waals surface area contributed by atoms with Crippen LogP contribution in [0.25, 0.3) is 10.9 Å². The minimum absolute atomic E-state index is 0.0806. The Labute approximate surface area is 111 Å². The van der Waals surface area contributed by atoms with E-state index in [1.165, 1.54) is 0 Å². The second-order valence-corrected chi connectivity index (χ2v) is 4.35. The van der Waals surface area contributed by atoms with Crippen molar-refractivity contribution in [1.82, 2.24) is 15.2 Å². The van der Waals surface area contributed by atoms with Crippen molar-refractivity contribution in [2.24, 2.45) is 7.05 Å². The van der Waals surface area contributed by atoms with E-state index in [1.54, 1.807) is 0 Å². The summed E-state index contributed by atoms with van der Waals surface area (Å²) in [5.74, 6) is -0.0806. The largest absolute Gasteiger partial charge is 0.359 e. The molecule has 0 aliphatic carbocycles. The molecule has 0 fully saturated rings. The van der Waals surface area contributed by atoms with Crippen LogP contribution >= 0.6 is 0 Å². The van der Waals surface area contributed by atoms with Crippen molar-refractivity contribution < 1.29 is 9.59 Å². The van der Waals surface area contributed by atoms with Gasteiger partial charge in [-0.15, -0.1) is 0 Å². The molecule has 1 aromatic carbocycles. The second kappa shape index (κ2) is 6.04. The van der Waals surface area contributed by atoms with Crippen molar-refractivity contribution in [3.63, 3.8) is 0 Å². The predicted octanol–water partition coefficient (Wildman–Crippen LogP) is 1.04. The molecular weight excluding hydrogens is 242 g/mol. The van der Waals surface area contributed by atoms with E-state index in [9.17, 15) is 9.59 Å². The van der Waals surface area contributed by atoms with Crippen molar-refractivity contribution in [2.45, 2.75) is 6.42 Å². The van der Waals surface area contributed by atoms with E-state index in [4.69, 9.17) is 0 Å². The number of carbonyl (C=O) groups excluding carboxylic acids is 2. The van der Waals surface area contributed by atoms with Crippen LogP contribution in [0.5, 0.6) is 0 Å². The summed E-state index contributed by atoms with van der Waals surface area (Å²) in [5, 5.41) is 6.37. The summed E-state index contributed by atoms with van der Waals surface area (Å²) in [7, 11) is 1.92. The number of aromatic nitrogens is 1. The van der Waals surface area contributed by atoms with E-state index in [-0.39, 0.29) is 5.91 Å². The Morgan fingerprint density at radius 2 is 2.11 bits per heavy atom. The highest BCUT2D eigenvalue weighted by atomic mass is 16.1. The zero-order chi connectivity index (χ0) is 13.7. The van der Waals surface area contributed by atoms with E-state index in [0.29, 0.717) is 25.1 Å². The van der Waals surface area contributed by atoms with Crippen molar-refractivity contribution in [3.05, 3.63) is 36.0 Å². The molecule has 2 rings (SSSR count).